The second-order valence-corrected chi connectivity index (χ2v) is 8.24. The minimum atomic E-state index is -3.54. The fourth-order valence-electron chi connectivity index (χ4n) is 1.77. The molecule has 7 heteroatoms. The molecule has 2 rings (SSSR count). The third kappa shape index (κ3) is 3.99. The summed E-state index contributed by atoms with van der Waals surface area (Å²) in [4.78, 5) is 0.244. The number of halogens is 3. The zero-order chi connectivity index (χ0) is 15.6. The summed E-state index contributed by atoms with van der Waals surface area (Å²) in [5.74, 6) is 0. The minimum Gasteiger partial charge on any atom is -0.207 e. The minimum absolute atomic E-state index is 0.218. The van der Waals surface area contributed by atoms with E-state index < -0.39 is 10.0 Å². The molecule has 0 aliphatic carbocycles. The molecule has 0 aromatic heterocycles. The van der Waals surface area contributed by atoms with Gasteiger partial charge < -0.3 is 0 Å². The Morgan fingerprint density at radius 1 is 1.05 bits per heavy atom. The normalized spacial score (nSPS) is 11.9. The molecule has 112 valence electrons. The molecule has 0 spiro atoms. The Bertz CT molecular complexity index is 748. The van der Waals surface area contributed by atoms with E-state index in [1.165, 1.54) is 11.4 Å². The molecule has 0 radical (unpaired) electrons. The van der Waals surface area contributed by atoms with Gasteiger partial charge in [0.2, 0.25) is 10.0 Å². The van der Waals surface area contributed by atoms with Gasteiger partial charge in [0.05, 0.1) is 14.9 Å². The maximum absolute atomic E-state index is 12.5. The van der Waals surface area contributed by atoms with Crippen LogP contribution >= 0.6 is 39.1 Å². The van der Waals surface area contributed by atoms with Crippen LogP contribution in [0.3, 0.4) is 0 Å². The van der Waals surface area contributed by atoms with Crippen LogP contribution in [0.25, 0.3) is 0 Å². The standard InChI is InChI=1S/C14H12BrCl2NO2S/c1-18(9-10-2-7-13(16)14(17)8-10)21(19,20)12-5-3-11(15)4-6-12/h2-8H,9H2,1H3. The molecule has 0 atom stereocenters. The molecular weight excluding hydrogens is 397 g/mol. The molecule has 3 nitrogen and oxygen atoms in total. The van der Waals surface area contributed by atoms with Gasteiger partial charge in [-0.1, -0.05) is 45.2 Å². The second-order valence-electron chi connectivity index (χ2n) is 4.46. The average Bonchev–Trinajstić information content (AvgIpc) is 2.43. The highest BCUT2D eigenvalue weighted by molar-refractivity contribution is 9.10. The Labute approximate surface area is 142 Å². The lowest BCUT2D eigenvalue weighted by molar-refractivity contribution is 0.467. The first-order chi connectivity index (χ1) is 9.80. The molecule has 0 amide bonds. The van der Waals surface area contributed by atoms with Crippen LogP contribution in [0.4, 0.5) is 0 Å². The Hall–Kier alpha value is -0.590. The van der Waals surface area contributed by atoms with Gasteiger partial charge in [0.25, 0.3) is 0 Å². The molecule has 0 aliphatic heterocycles. The van der Waals surface area contributed by atoms with Crippen LogP contribution in [0.1, 0.15) is 5.56 Å². The molecule has 0 fully saturated rings. The van der Waals surface area contributed by atoms with E-state index in [1.54, 1.807) is 42.5 Å². The number of benzene rings is 2. The molecule has 0 saturated carbocycles. The van der Waals surface area contributed by atoms with Gasteiger partial charge in [-0.15, -0.1) is 0 Å². The summed E-state index contributed by atoms with van der Waals surface area (Å²) < 4.78 is 27.0. The van der Waals surface area contributed by atoms with E-state index >= 15 is 0 Å². The van der Waals surface area contributed by atoms with Gasteiger partial charge in [-0.3, -0.25) is 0 Å². The molecule has 0 N–H and O–H groups in total. The van der Waals surface area contributed by atoms with E-state index in [4.69, 9.17) is 23.2 Å². The Morgan fingerprint density at radius 2 is 1.67 bits per heavy atom. The first-order valence-electron chi connectivity index (χ1n) is 5.96. The van der Waals surface area contributed by atoms with Crippen LogP contribution in [0.5, 0.6) is 0 Å². The first kappa shape index (κ1) is 16.8. The summed E-state index contributed by atoms with van der Waals surface area (Å²) >= 11 is 15.1. The van der Waals surface area contributed by atoms with Crippen LogP contribution < -0.4 is 0 Å². The predicted octanol–water partition coefficient (Wildman–Crippen LogP) is 4.58. The molecule has 0 saturated heterocycles. The topological polar surface area (TPSA) is 37.4 Å². The van der Waals surface area contributed by atoms with Crippen LogP contribution in [0.15, 0.2) is 51.8 Å². The number of rotatable bonds is 4. The van der Waals surface area contributed by atoms with E-state index in [2.05, 4.69) is 15.9 Å². The molecule has 0 heterocycles. The smallest absolute Gasteiger partial charge is 0.207 e. The summed E-state index contributed by atoms with van der Waals surface area (Å²) in [6.07, 6.45) is 0. The summed E-state index contributed by atoms with van der Waals surface area (Å²) in [6, 6.07) is 11.6. The average molecular weight is 409 g/mol. The van der Waals surface area contributed by atoms with E-state index in [0.717, 1.165) is 10.0 Å². The summed E-state index contributed by atoms with van der Waals surface area (Å²) in [7, 11) is -2.01. The highest BCUT2D eigenvalue weighted by Crippen LogP contribution is 2.24. The zero-order valence-electron chi connectivity index (χ0n) is 11.1. The monoisotopic (exact) mass is 407 g/mol. The van der Waals surface area contributed by atoms with Gasteiger partial charge in [0.15, 0.2) is 0 Å². The lowest BCUT2D eigenvalue weighted by atomic mass is 10.2. The van der Waals surface area contributed by atoms with E-state index in [9.17, 15) is 8.42 Å². The number of hydrogen-bond donors (Lipinski definition) is 0. The van der Waals surface area contributed by atoms with Crippen LogP contribution in [0.2, 0.25) is 10.0 Å². The number of sulfonamides is 1. The molecule has 0 aliphatic rings. The van der Waals surface area contributed by atoms with E-state index in [0.29, 0.717) is 10.0 Å². The maximum Gasteiger partial charge on any atom is 0.243 e. The van der Waals surface area contributed by atoms with Gasteiger partial charge in [-0.05, 0) is 42.0 Å². The van der Waals surface area contributed by atoms with Crippen molar-refractivity contribution in [2.75, 3.05) is 7.05 Å². The Kier molecular flexibility index (Phi) is 5.33. The molecule has 2 aromatic rings. The van der Waals surface area contributed by atoms with Crippen molar-refractivity contribution in [3.63, 3.8) is 0 Å². The van der Waals surface area contributed by atoms with Crippen molar-refractivity contribution in [1.29, 1.82) is 0 Å². The van der Waals surface area contributed by atoms with Crippen molar-refractivity contribution >= 4 is 49.2 Å². The summed E-state index contributed by atoms with van der Waals surface area (Å²) in [5.41, 5.74) is 0.771. The van der Waals surface area contributed by atoms with Gasteiger partial charge in [-0.2, -0.15) is 4.31 Å². The van der Waals surface area contributed by atoms with Gasteiger partial charge in [-0.25, -0.2) is 8.42 Å². The Morgan fingerprint density at radius 3 is 2.24 bits per heavy atom. The van der Waals surface area contributed by atoms with Gasteiger partial charge in [0.1, 0.15) is 0 Å². The van der Waals surface area contributed by atoms with Crippen LogP contribution in [0, 0.1) is 0 Å². The molecule has 0 bridgehead atoms. The fraction of sp³-hybridized carbons (Fsp3) is 0.143. The lowest BCUT2D eigenvalue weighted by Gasteiger charge is -2.17. The van der Waals surface area contributed by atoms with Crippen LogP contribution in [-0.2, 0) is 16.6 Å². The molecule has 0 unspecified atom stereocenters. The molecular formula is C14H12BrCl2NO2S. The van der Waals surface area contributed by atoms with Crippen molar-refractivity contribution in [3.8, 4) is 0 Å². The van der Waals surface area contributed by atoms with Crippen molar-refractivity contribution < 1.29 is 8.42 Å². The first-order valence-corrected chi connectivity index (χ1v) is 8.95. The quantitative estimate of drug-likeness (QED) is 0.742. The predicted molar refractivity (Wildman–Crippen MR) is 89.3 cm³/mol. The fourth-order valence-corrected chi connectivity index (χ4v) is 3.51. The SMILES string of the molecule is CN(Cc1ccc(Cl)c(Cl)c1)S(=O)(=O)c1ccc(Br)cc1. The van der Waals surface area contributed by atoms with E-state index in [1.807, 2.05) is 0 Å². The lowest BCUT2D eigenvalue weighted by Crippen LogP contribution is -2.26. The third-order valence-electron chi connectivity index (χ3n) is 2.91. The van der Waals surface area contributed by atoms with E-state index in [-0.39, 0.29) is 11.4 Å². The van der Waals surface area contributed by atoms with Crippen LogP contribution in [-0.4, -0.2) is 19.8 Å². The van der Waals surface area contributed by atoms with Crippen molar-refractivity contribution in [1.82, 2.24) is 4.31 Å². The maximum atomic E-state index is 12.5. The highest BCUT2D eigenvalue weighted by atomic mass is 79.9. The van der Waals surface area contributed by atoms with Crippen molar-refractivity contribution in [2.24, 2.45) is 0 Å². The largest absolute Gasteiger partial charge is 0.243 e. The molecule has 2 aromatic carbocycles. The molecule has 21 heavy (non-hydrogen) atoms. The van der Waals surface area contributed by atoms with Gasteiger partial charge in [0, 0.05) is 18.1 Å². The van der Waals surface area contributed by atoms with Crippen molar-refractivity contribution in [2.45, 2.75) is 11.4 Å². The highest BCUT2D eigenvalue weighted by Gasteiger charge is 2.20. The summed E-state index contributed by atoms with van der Waals surface area (Å²) in [6.45, 7) is 0.218. The second kappa shape index (κ2) is 6.67. The summed E-state index contributed by atoms with van der Waals surface area (Å²) in [5, 5.41) is 0.849. The zero-order valence-corrected chi connectivity index (χ0v) is 15.0. The van der Waals surface area contributed by atoms with Gasteiger partial charge >= 0.3 is 0 Å². The Balaban J connectivity index is 2.24. The van der Waals surface area contributed by atoms with Crippen molar-refractivity contribution in [3.05, 3.63) is 62.5 Å². The third-order valence-corrected chi connectivity index (χ3v) is 6.00. The number of nitrogens with zero attached hydrogens (tertiary/aromatic N) is 1. The number of hydrogen-bond acceptors (Lipinski definition) is 2.